The second-order valence-corrected chi connectivity index (χ2v) is 9.33. The number of rotatable bonds is 5. The quantitative estimate of drug-likeness (QED) is 0.811. The third-order valence-corrected chi connectivity index (χ3v) is 7.12. The van der Waals surface area contributed by atoms with Crippen molar-refractivity contribution in [2.24, 2.45) is 0 Å². The number of ether oxygens (including phenoxy) is 1. The molecular formula is C17H19FN2O4S2. The smallest absolute Gasteiger partial charge is 0.256 e. The number of aryl methyl sites for hydroxylation is 2. The van der Waals surface area contributed by atoms with Crippen LogP contribution in [0.4, 0.5) is 10.1 Å². The van der Waals surface area contributed by atoms with E-state index in [0.717, 1.165) is 11.3 Å². The number of benzene rings is 1. The van der Waals surface area contributed by atoms with Gasteiger partial charge in [0.1, 0.15) is 10.0 Å². The third-order valence-electron chi connectivity index (χ3n) is 4.07. The van der Waals surface area contributed by atoms with Crippen molar-refractivity contribution in [2.45, 2.75) is 30.5 Å². The third kappa shape index (κ3) is 4.12. The summed E-state index contributed by atoms with van der Waals surface area (Å²) < 4.78 is 46.2. The second-order valence-electron chi connectivity index (χ2n) is 6.14. The van der Waals surface area contributed by atoms with E-state index in [0.29, 0.717) is 35.8 Å². The number of carbonyl (C=O) groups is 1. The Morgan fingerprint density at radius 2 is 2.08 bits per heavy atom. The SMILES string of the molecule is Cc1cc(NC(=O)c2cc(S(=O)(=O)N[C@H]3CCOC3)sc2C)ccc1F. The number of amides is 1. The molecule has 2 aromatic rings. The predicted molar refractivity (Wildman–Crippen MR) is 97.7 cm³/mol. The molecule has 140 valence electrons. The highest BCUT2D eigenvalue weighted by molar-refractivity contribution is 7.91. The van der Waals surface area contributed by atoms with Gasteiger partial charge in [0, 0.05) is 23.2 Å². The molecule has 26 heavy (non-hydrogen) atoms. The highest BCUT2D eigenvalue weighted by Gasteiger charge is 2.26. The molecule has 2 heterocycles. The van der Waals surface area contributed by atoms with Gasteiger partial charge < -0.3 is 10.1 Å². The lowest BCUT2D eigenvalue weighted by Gasteiger charge is -2.09. The van der Waals surface area contributed by atoms with E-state index in [1.165, 1.54) is 24.3 Å². The first-order valence-electron chi connectivity index (χ1n) is 8.04. The van der Waals surface area contributed by atoms with E-state index < -0.39 is 15.9 Å². The van der Waals surface area contributed by atoms with Crippen LogP contribution in [0.25, 0.3) is 0 Å². The van der Waals surface area contributed by atoms with Crippen LogP contribution in [-0.4, -0.2) is 33.6 Å². The van der Waals surface area contributed by atoms with Crippen LogP contribution in [-0.2, 0) is 14.8 Å². The number of halogens is 1. The largest absolute Gasteiger partial charge is 0.380 e. The first-order chi connectivity index (χ1) is 12.3. The maximum Gasteiger partial charge on any atom is 0.256 e. The minimum Gasteiger partial charge on any atom is -0.380 e. The van der Waals surface area contributed by atoms with Crippen molar-refractivity contribution in [3.8, 4) is 0 Å². The van der Waals surface area contributed by atoms with Gasteiger partial charge in [-0.05, 0) is 50.1 Å². The zero-order chi connectivity index (χ0) is 18.9. The van der Waals surface area contributed by atoms with E-state index in [1.807, 2.05) is 0 Å². The summed E-state index contributed by atoms with van der Waals surface area (Å²) in [4.78, 5) is 13.1. The highest BCUT2D eigenvalue weighted by Crippen LogP contribution is 2.27. The van der Waals surface area contributed by atoms with Crippen LogP contribution < -0.4 is 10.0 Å². The molecule has 0 unspecified atom stereocenters. The summed E-state index contributed by atoms with van der Waals surface area (Å²) in [5.41, 5.74) is 1.14. The zero-order valence-corrected chi connectivity index (χ0v) is 16.0. The molecule has 1 aromatic heterocycles. The van der Waals surface area contributed by atoms with Gasteiger partial charge in [0.05, 0.1) is 12.2 Å². The van der Waals surface area contributed by atoms with Crippen molar-refractivity contribution in [1.82, 2.24) is 4.72 Å². The molecule has 9 heteroatoms. The van der Waals surface area contributed by atoms with Gasteiger partial charge in [0.15, 0.2) is 0 Å². The van der Waals surface area contributed by atoms with Crippen LogP contribution in [0, 0.1) is 19.7 Å². The van der Waals surface area contributed by atoms with Gasteiger partial charge in [-0.15, -0.1) is 11.3 Å². The second kappa shape index (κ2) is 7.43. The highest BCUT2D eigenvalue weighted by atomic mass is 32.2. The average Bonchev–Trinajstić information content (AvgIpc) is 3.20. The number of hydrogen-bond donors (Lipinski definition) is 2. The van der Waals surface area contributed by atoms with E-state index in [9.17, 15) is 17.6 Å². The van der Waals surface area contributed by atoms with Gasteiger partial charge in [-0.3, -0.25) is 4.79 Å². The predicted octanol–water partition coefficient (Wildman–Crippen LogP) is 2.82. The topological polar surface area (TPSA) is 84.5 Å². The number of thiophene rings is 1. The summed E-state index contributed by atoms with van der Waals surface area (Å²) >= 11 is 1.04. The maximum absolute atomic E-state index is 13.3. The van der Waals surface area contributed by atoms with Crippen LogP contribution in [0.1, 0.15) is 27.2 Å². The summed E-state index contributed by atoms with van der Waals surface area (Å²) in [5, 5.41) is 2.67. The standard InChI is InChI=1S/C17H19FN2O4S2/c1-10-7-12(3-4-15(10)18)19-17(21)14-8-16(25-11(14)2)26(22,23)20-13-5-6-24-9-13/h3-4,7-8,13,20H,5-6,9H2,1-2H3,(H,19,21)/t13-/m0/s1. The van der Waals surface area contributed by atoms with Crippen LogP contribution in [0.5, 0.6) is 0 Å². The van der Waals surface area contributed by atoms with E-state index in [2.05, 4.69) is 10.0 Å². The summed E-state index contributed by atoms with van der Waals surface area (Å²) in [6, 6.07) is 5.37. The van der Waals surface area contributed by atoms with Crippen molar-refractivity contribution in [1.29, 1.82) is 0 Å². The number of sulfonamides is 1. The molecule has 3 rings (SSSR count). The van der Waals surface area contributed by atoms with Crippen molar-refractivity contribution in [2.75, 3.05) is 18.5 Å². The van der Waals surface area contributed by atoms with Crippen molar-refractivity contribution >= 4 is 33.0 Å². The molecule has 1 aliphatic heterocycles. The van der Waals surface area contributed by atoms with Crippen LogP contribution in [0.15, 0.2) is 28.5 Å². The Morgan fingerprint density at radius 3 is 2.73 bits per heavy atom. The molecule has 0 bridgehead atoms. The molecule has 1 aromatic carbocycles. The molecule has 1 atom stereocenters. The average molecular weight is 398 g/mol. The number of nitrogens with one attached hydrogen (secondary N) is 2. The maximum atomic E-state index is 13.3. The fourth-order valence-electron chi connectivity index (χ4n) is 2.64. The van der Waals surface area contributed by atoms with E-state index in [4.69, 9.17) is 4.74 Å². The van der Waals surface area contributed by atoms with Crippen molar-refractivity contribution in [3.05, 3.63) is 46.1 Å². The molecule has 1 saturated heterocycles. The van der Waals surface area contributed by atoms with Gasteiger partial charge >= 0.3 is 0 Å². The van der Waals surface area contributed by atoms with Gasteiger partial charge in [-0.2, -0.15) is 0 Å². The summed E-state index contributed by atoms with van der Waals surface area (Å²) in [6.07, 6.45) is 0.626. The molecule has 1 fully saturated rings. The molecule has 2 N–H and O–H groups in total. The molecule has 1 amide bonds. The molecule has 0 aliphatic carbocycles. The van der Waals surface area contributed by atoms with Gasteiger partial charge in [-0.1, -0.05) is 0 Å². The summed E-state index contributed by atoms with van der Waals surface area (Å²) in [5.74, 6) is -0.791. The zero-order valence-electron chi connectivity index (χ0n) is 14.3. The first kappa shape index (κ1) is 19.0. The van der Waals surface area contributed by atoms with Gasteiger partial charge in [-0.25, -0.2) is 17.5 Å². The van der Waals surface area contributed by atoms with Crippen molar-refractivity contribution < 1.29 is 22.3 Å². The fourth-order valence-corrected chi connectivity index (χ4v) is 5.35. The Hall–Kier alpha value is -1.81. The van der Waals surface area contributed by atoms with Gasteiger partial charge in [0.2, 0.25) is 10.0 Å². The Bertz CT molecular complexity index is 934. The van der Waals surface area contributed by atoms with E-state index >= 15 is 0 Å². The Kier molecular flexibility index (Phi) is 5.42. The fraction of sp³-hybridized carbons (Fsp3) is 0.353. The lowest BCUT2D eigenvalue weighted by atomic mass is 10.2. The Balaban J connectivity index is 1.78. The molecule has 1 aliphatic rings. The minimum atomic E-state index is -3.71. The van der Waals surface area contributed by atoms with Gasteiger partial charge in [0.25, 0.3) is 5.91 Å². The molecule has 0 saturated carbocycles. The van der Waals surface area contributed by atoms with Crippen LogP contribution >= 0.6 is 11.3 Å². The molecular weight excluding hydrogens is 379 g/mol. The monoisotopic (exact) mass is 398 g/mol. The molecule has 0 spiro atoms. The number of hydrogen-bond acceptors (Lipinski definition) is 5. The summed E-state index contributed by atoms with van der Waals surface area (Å²) in [7, 11) is -3.71. The Morgan fingerprint density at radius 1 is 1.31 bits per heavy atom. The lowest BCUT2D eigenvalue weighted by molar-refractivity contribution is 0.102. The molecule has 6 nitrogen and oxygen atoms in total. The number of carbonyl (C=O) groups excluding carboxylic acids is 1. The number of anilines is 1. The van der Waals surface area contributed by atoms with E-state index in [-0.39, 0.29) is 21.6 Å². The normalized spacial score (nSPS) is 17.4. The Labute approximate surface area is 155 Å². The van der Waals surface area contributed by atoms with Crippen LogP contribution in [0.3, 0.4) is 0 Å². The summed E-state index contributed by atoms with van der Waals surface area (Å²) in [6.45, 7) is 4.17. The minimum absolute atomic E-state index is 0.0855. The van der Waals surface area contributed by atoms with E-state index in [1.54, 1.807) is 13.8 Å². The van der Waals surface area contributed by atoms with Crippen LogP contribution in [0.2, 0.25) is 0 Å². The van der Waals surface area contributed by atoms with Crippen molar-refractivity contribution in [3.63, 3.8) is 0 Å². The first-order valence-corrected chi connectivity index (χ1v) is 10.3. The lowest BCUT2D eigenvalue weighted by Crippen LogP contribution is -2.34. The molecule has 0 radical (unpaired) electrons.